The molecule has 0 radical (unpaired) electrons. The fourth-order valence-electron chi connectivity index (χ4n) is 0.833. The van der Waals surface area contributed by atoms with Gasteiger partial charge in [0.1, 0.15) is 5.75 Å². The Morgan fingerprint density at radius 3 is 2.17 bits per heavy atom. The molecule has 1 aromatic rings. The molecule has 2 nitrogen and oxygen atoms in total. The third-order valence-corrected chi connectivity index (χ3v) is 2.55. The number of hydrogen-bond acceptors (Lipinski definition) is 2. The zero-order valence-electron chi connectivity index (χ0n) is 6.47. The summed E-state index contributed by atoms with van der Waals surface area (Å²) in [5.41, 5.74) is 0.801. The summed E-state index contributed by atoms with van der Waals surface area (Å²) in [4.78, 5) is 3.80. The van der Waals surface area contributed by atoms with Crippen LogP contribution >= 0.6 is 31.9 Å². The predicted octanol–water partition coefficient (Wildman–Crippen LogP) is 3.55. The van der Waals surface area contributed by atoms with Crippen molar-refractivity contribution in [2.75, 3.05) is 7.11 Å². The van der Waals surface area contributed by atoms with Crippen LogP contribution < -0.4 is 4.74 Å². The van der Waals surface area contributed by atoms with Crippen LogP contribution in [0.2, 0.25) is 0 Å². The predicted molar refractivity (Wildman–Crippen MR) is 57.6 cm³/mol. The summed E-state index contributed by atoms with van der Waals surface area (Å²) in [6.45, 7) is 3.44. The van der Waals surface area contributed by atoms with Crippen LogP contribution in [0, 0.1) is 0 Å². The number of halogens is 2. The SMILES string of the molecule is C=Nc1cc(Br)c(OC)c(Br)c1. The molecule has 0 saturated carbocycles. The third kappa shape index (κ3) is 1.87. The number of benzene rings is 1. The molecule has 4 heteroatoms. The molecule has 0 bridgehead atoms. The van der Waals surface area contributed by atoms with Gasteiger partial charge in [-0.3, -0.25) is 4.99 Å². The van der Waals surface area contributed by atoms with E-state index in [1.807, 2.05) is 12.1 Å². The Kier molecular flexibility index (Phi) is 3.29. The van der Waals surface area contributed by atoms with E-state index in [-0.39, 0.29) is 0 Å². The average Bonchev–Trinajstić information content (AvgIpc) is 2.03. The van der Waals surface area contributed by atoms with E-state index >= 15 is 0 Å². The molecule has 0 aliphatic heterocycles. The van der Waals surface area contributed by atoms with Gasteiger partial charge in [0, 0.05) is 0 Å². The molecule has 1 aromatic carbocycles. The maximum absolute atomic E-state index is 5.12. The van der Waals surface area contributed by atoms with Crippen LogP contribution in [0.4, 0.5) is 5.69 Å². The summed E-state index contributed by atoms with van der Waals surface area (Å²) in [6, 6.07) is 3.69. The van der Waals surface area contributed by atoms with Crippen LogP contribution in [0.5, 0.6) is 5.75 Å². The number of hydrogen-bond donors (Lipinski definition) is 0. The molecule has 0 heterocycles. The zero-order valence-corrected chi connectivity index (χ0v) is 9.65. The van der Waals surface area contributed by atoms with Crippen molar-refractivity contribution in [3.8, 4) is 5.75 Å². The lowest BCUT2D eigenvalue weighted by atomic mass is 10.3. The second-order valence-electron chi connectivity index (χ2n) is 2.10. The molecule has 64 valence electrons. The van der Waals surface area contributed by atoms with Crippen molar-refractivity contribution < 1.29 is 4.74 Å². The smallest absolute Gasteiger partial charge is 0.147 e. The van der Waals surface area contributed by atoms with Gasteiger partial charge in [-0.2, -0.15) is 0 Å². The highest BCUT2D eigenvalue weighted by molar-refractivity contribution is 9.11. The molecule has 0 saturated heterocycles. The standard InChI is InChI=1S/C8H7Br2NO/c1-11-5-3-6(9)8(12-2)7(10)4-5/h3-4H,1H2,2H3. The first-order chi connectivity index (χ1) is 5.69. The van der Waals surface area contributed by atoms with Gasteiger partial charge in [0.15, 0.2) is 0 Å². The lowest BCUT2D eigenvalue weighted by Gasteiger charge is -2.06. The van der Waals surface area contributed by atoms with Crippen molar-refractivity contribution >= 4 is 44.3 Å². The van der Waals surface area contributed by atoms with Crippen molar-refractivity contribution in [1.82, 2.24) is 0 Å². The Hall–Kier alpha value is -0.350. The number of rotatable bonds is 2. The molecule has 0 aromatic heterocycles. The third-order valence-electron chi connectivity index (χ3n) is 1.37. The van der Waals surface area contributed by atoms with Gasteiger partial charge in [0.05, 0.1) is 21.7 Å². The number of nitrogens with zero attached hydrogens (tertiary/aromatic N) is 1. The van der Waals surface area contributed by atoms with Crippen LogP contribution in [0.1, 0.15) is 0 Å². The fourth-order valence-corrected chi connectivity index (χ4v) is 2.32. The van der Waals surface area contributed by atoms with Gasteiger partial charge in [0.2, 0.25) is 0 Å². The van der Waals surface area contributed by atoms with Gasteiger partial charge in [-0.1, -0.05) is 0 Å². The lowest BCUT2D eigenvalue weighted by molar-refractivity contribution is 0.409. The van der Waals surface area contributed by atoms with Crippen LogP contribution in [0.15, 0.2) is 26.1 Å². The molecule has 0 N–H and O–H groups in total. The minimum atomic E-state index is 0.766. The summed E-state index contributed by atoms with van der Waals surface area (Å²) >= 11 is 6.71. The number of aliphatic imine (C=N–C) groups is 1. The molecule has 1 rings (SSSR count). The largest absolute Gasteiger partial charge is 0.494 e. The van der Waals surface area contributed by atoms with Crippen molar-refractivity contribution in [3.63, 3.8) is 0 Å². The lowest BCUT2D eigenvalue weighted by Crippen LogP contribution is -1.85. The monoisotopic (exact) mass is 291 g/mol. The van der Waals surface area contributed by atoms with Crippen molar-refractivity contribution in [1.29, 1.82) is 0 Å². The van der Waals surface area contributed by atoms with Gasteiger partial charge in [-0.05, 0) is 50.7 Å². The summed E-state index contributed by atoms with van der Waals surface area (Å²) in [5.74, 6) is 0.766. The van der Waals surface area contributed by atoms with Crippen LogP contribution in [0.25, 0.3) is 0 Å². The molecular formula is C8H7Br2NO. The average molecular weight is 293 g/mol. The molecule has 0 aliphatic carbocycles. The van der Waals surface area contributed by atoms with Crippen LogP contribution in [-0.2, 0) is 0 Å². The zero-order chi connectivity index (χ0) is 9.14. The highest BCUT2D eigenvalue weighted by Gasteiger charge is 2.06. The minimum Gasteiger partial charge on any atom is -0.494 e. The summed E-state index contributed by atoms with van der Waals surface area (Å²) in [6.07, 6.45) is 0. The highest BCUT2D eigenvalue weighted by atomic mass is 79.9. The van der Waals surface area contributed by atoms with E-state index in [0.717, 1.165) is 20.4 Å². The van der Waals surface area contributed by atoms with E-state index in [1.54, 1.807) is 7.11 Å². The minimum absolute atomic E-state index is 0.766. The number of methoxy groups -OCH3 is 1. The Balaban J connectivity index is 3.27. The molecule has 0 unspecified atom stereocenters. The molecule has 12 heavy (non-hydrogen) atoms. The second-order valence-corrected chi connectivity index (χ2v) is 3.81. The normalized spacial score (nSPS) is 9.58. The van der Waals surface area contributed by atoms with E-state index in [4.69, 9.17) is 4.74 Å². The molecule has 0 atom stereocenters. The maximum atomic E-state index is 5.12. The Labute approximate surface area is 87.9 Å². The van der Waals surface area contributed by atoms with Gasteiger partial charge in [-0.15, -0.1) is 0 Å². The van der Waals surface area contributed by atoms with Crippen LogP contribution in [-0.4, -0.2) is 13.8 Å². The van der Waals surface area contributed by atoms with Crippen molar-refractivity contribution in [2.45, 2.75) is 0 Å². The number of ether oxygens (including phenoxy) is 1. The topological polar surface area (TPSA) is 21.6 Å². The Bertz CT molecular complexity index is 289. The molecule has 0 amide bonds. The highest BCUT2D eigenvalue weighted by Crippen LogP contribution is 2.36. The first-order valence-electron chi connectivity index (χ1n) is 3.18. The van der Waals surface area contributed by atoms with Crippen molar-refractivity contribution in [3.05, 3.63) is 21.1 Å². The molecule has 0 spiro atoms. The van der Waals surface area contributed by atoms with E-state index < -0.39 is 0 Å². The van der Waals surface area contributed by atoms with Gasteiger partial charge >= 0.3 is 0 Å². The molecular weight excluding hydrogens is 286 g/mol. The Morgan fingerprint density at radius 1 is 1.33 bits per heavy atom. The van der Waals surface area contributed by atoms with Gasteiger partial charge in [0.25, 0.3) is 0 Å². The van der Waals surface area contributed by atoms with E-state index in [2.05, 4.69) is 43.6 Å². The molecule has 0 fully saturated rings. The summed E-state index contributed by atoms with van der Waals surface area (Å²) < 4.78 is 6.84. The summed E-state index contributed by atoms with van der Waals surface area (Å²) in [5, 5.41) is 0. The van der Waals surface area contributed by atoms with Gasteiger partial charge in [-0.25, -0.2) is 0 Å². The maximum Gasteiger partial charge on any atom is 0.147 e. The fraction of sp³-hybridized carbons (Fsp3) is 0.125. The first kappa shape index (κ1) is 9.74. The van der Waals surface area contributed by atoms with E-state index in [0.29, 0.717) is 0 Å². The summed E-state index contributed by atoms with van der Waals surface area (Å²) in [7, 11) is 1.62. The van der Waals surface area contributed by atoms with Gasteiger partial charge < -0.3 is 4.74 Å². The first-order valence-corrected chi connectivity index (χ1v) is 4.77. The van der Waals surface area contributed by atoms with Crippen LogP contribution in [0.3, 0.4) is 0 Å². The van der Waals surface area contributed by atoms with Crippen molar-refractivity contribution in [2.24, 2.45) is 4.99 Å². The quantitative estimate of drug-likeness (QED) is 0.764. The second kappa shape index (κ2) is 4.05. The molecule has 0 aliphatic rings. The Morgan fingerprint density at radius 2 is 1.83 bits per heavy atom. The van der Waals surface area contributed by atoms with E-state index in [1.165, 1.54) is 0 Å². The van der Waals surface area contributed by atoms with E-state index in [9.17, 15) is 0 Å².